The van der Waals surface area contributed by atoms with E-state index in [0.29, 0.717) is 0 Å². The Kier molecular flexibility index (Phi) is 7.50. The van der Waals surface area contributed by atoms with Gasteiger partial charge in [0.25, 0.3) is 0 Å². The van der Waals surface area contributed by atoms with Crippen LogP contribution in [0.2, 0.25) is 0 Å². The van der Waals surface area contributed by atoms with E-state index in [-0.39, 0.29) is 43.4 Å². The molecule has 7 heteroatoms. The predicted molar refractivity (Wildman–Crippen MR) is 128 cm³/mol. The second-order valence-corrected chi connectivity index (χ2v) is 9.36. The Balaban J connectivity index is 1.26. The first-order valence-electron chi connectivity index (χ1n) is 12.0. The van der Waals surface area contributed by atoms with Gasteiger partial charge in [0.2, 0.25) is 5.91 Å². The number of hydrogen-bond acceptors (Lipinski definition) is 4. The zero-order valence-corrected chi connectivity index (χ0v) is 19.5. The number of carbonyl (C=O) groups excluding carboxylic acids is 2. The van der Waals surface area contributed by atoms with E-state index in [2.05, 4.69) is 34.9 Å². The number of hydrogen-bond donors (Lipinski definition) is 3. The highest BCUT2D eigenvalue weighted by molar-refractivity contribution is 5.80. The summed E-state index contributed by atoms with van der Waals surface area (Å²) in [5.74, 6) is -1.53. The highest BCUT2D eigenvalue weighted by Gasteiger charge is 2.31. The number of amides is 2. The maximum Gasteiger partial charge on any atom is 0.407 e. The molecule has 0 bridgehead atoms. The number of carboxylic acids is 1. The lowest BCUT2D eigenvalue weighted by atomic mass is 9.82. The van der Waals surface area contributed by atoms with Crippen LogP contribution in [0.5, 0.6) is 0 Å². The van der Waals surface area contributed by atoms with E-state index >= 15 is 0 Å². The minimum Gasteiger partial charge on any atom is -0.481 e. The summed E-state index contributed by atoms with van der Waals surface area (Å²) in [6.07, 6.45) is 3.08. The van der Waals surface area contributed by atoms with Crippen molar-refractivity contribution in [2.24, 2.45) is 11.8 Å². The molecule has 0 aliphatic heterocycles. The summed E-state index contributed by atoms with van der Waals surface area (Å²) in [6.45, 7) is 2.12. The summed E-state index contributed by atoms with van der Waals surface area (Å²) in [5.41, 5.74) is 4.63. The minimum atomic E-state index is -0.837. The van der Waals surface area contributed by atoms with Gasteiger partial charge in [-0.05, 0) is 41.0 Å². The molecule has 0 radical (unpaired) electrons. The number of benzene rings is 2. The Labute approximate surface area is 199 Å². The fraction of sp³-hybridized carbons (Fsp3) is 0.444. The van der Waals surface area contributed by atoms with E-state index in [9.17, 15) is 14.4 Å². The van der Waals surface area contributed by atoms with Gasteiger partial charge in [0.1, 0.15) is 6.61 Å². The third-order valence-corrected chi connectivity index (χ3v) is 7.02. The van der Waals surface area contributed by atoms with Crippen LogP contribution in [0.15, 0.2) is 48.5 Å². The molecular weight excluding hydrogens is 432 g/mol. The molecule has 2 amide bonds. The molecule has 4 rings (SSSR count). The topological polar surface area (TPSA) is 105 Å². The molecule has 1 fully saturated rings. The Morgan fingerprint density at radius 2 is 1.62 bits per heavy atom. The third-order valence-electron chi connectivity index (χ3n) is 7.02. The Bertz CT molecular complexity index is 1010. The van der Waals surface area contributed by atoms with Gasteiger partial charge >= 0.3 is 12.1 Å². The number of nitrogens with one attached hydrogen (secondary N) is 2. The van der Waals surface area contributed by atoms with Gasteiger partial charge in [-0.2, -0.15) is 0 Å². The summed E-state index contributed by atoms with van der Waals surface area (Å²) >= 11 is 0. The van der Waals surface area contributed by atoms with Crippen molar-refractivity contribution in [1.29, 1.82) is 0 Å². The maximum atomic E-state index is 12.6. The average molecular weight is 465 g/mol. The van der Waals surface area contributed by atoms with Crippen LogP contribution in [0.1, 0.15) is 56.1 Å². The molecular formula is C27H32N2O5. The van der Waals surface area contributed by atoms with Crippen LogP contribution in [0, 0.1) is 11.8 Å². The van der Waals surface area contributed by atoms with E-state index in [1.165, 1.54) is 11.1 Å². The zero-order valence-electron chi connectivity index (χ0n) is 19.5. The van der Waals surface area contributed by atoms with Gasteiger partial charge < -0.3 is 20.5 Å². The number of aliphatic carboxylic acids is 1. The highest BCUT2D eigenvalue weighted by atomic mass is 16.5. The van der Waals surface area contributed by atoms with Gasteiger partial charge in [-0.15, -0.1) is 0 Å². The van der Waals surface area contributed by atoms with Gasteiger partial charge in [-0.3, -0.25) is 9.59 Å². The van der Waals surface area contributed by atoms with Crippen molar-refractivity contribution in [2.75, 3.05) is 13.2 Å². The molecule has 3 atom stereocenters. The number of ether oxygens (including phenoxy) is 1. The molecule has 0 aromatic heterocycles. The lowest BCUT2D eigenvalue weighted by Crippen LogP contribution is -2.46. The summed E-state index contributed by atoms with van der Waals surface area (Å²) in [5, 5.41) is 14.8. The predicted octanol–water partition coefficient (Wildman–Crippen LogP) is 4.31. The molecule has 3 unspecified atom stereocenters. The second kappa shape index (κ2) is 10.7. The van der Waals surface area contributed by atoms with Gasteiger partial charge in [0.05, 0.1) is 12.3 Å². The van der Waals surface area contributed by atoms with Crippen LogP contribution in [0.4, 0.5) is 4.79 Å². The largest absolute Gasteiger partial charge is 0.481 e. The standard InChI is InChI=1S/C27H32N2O5/c1-17(26(32)29-24-13-7-2-8-18(24)14-25(30)31)15-28-27(33)34-16-23-21-11-5-3-9-19(21)20-10-4-6-12-22(20)23/h3-6,9-12,17-18,23-24H,2,7-8,13-16H2,1H3,(H,28,33)(H,29,32)(H,30,31). The lowest BCUT2D eigenvalue weighted by molar-refractivity contribution is -0.139. The number of fused-ring (bicyclic) bond motifs is 3. The Morgan fingerprint density at radius 3 is 2.26 bits per heavy atom. The van der Waals surface area contributed by atoms with Crippen LogP contribution < -0.4 is 10.6 Å². The van der Waals surface area contributed by atoms with Crippen molar-refractivity contribution in [3.8, 4) is 11.1 Å². The monoisotopic (exact) mass is 464 g/mol. The molecule has 180 valence electrons. The van der Waals surface area contributed by atoms with Crippen molar-refractivity contribution in [2.45, 2.75) is 51.0 Å². The van der Waals surface area contributed by atoms with E-state index in [4.69, 9.17) is 9.84 Å². The summed E-state index contributed by atoms with van der Waals surface area (Å²) in [4.78, 5) is 36.2. The molecule has 0 heterocycles. The van der Waals surface area contributed by atoms with Crippen LogP contribution in [0.25, 0.3) is 11.1 Å². The van der Waals surface area contributed by atoms with E-state index < -0.39 is 18.0 Å². The van der Waals surface area contributed by atoms with Crippen molar-refractivity contribution in [3.05, 3.63) is 59.7 Å². The van der Waals surface area contributed by atoms with Gasteiger partial charge in [-0.25, -0.2) is 4.79 Å². The number of alkyl carbamates (subject to hydrolysis) is 1. The highest BCUT2D eigenvalue weighted by Crippen LogP contribution is 2.44. The van der Waals surface area contributed by atoms with Gasteiger partial charge in [0, 0.05) is 18.5 Å². The third kappa shape index (κ3) is 5.41. The molecule has 34 heavy (non-hydrogen) atoms. The lowest BCUT2D eigenvalue weighted by Gasteiger charge is -2.32. The summed E-state index contributed by atoms with van der Waals surface area (Å²) in [7, 11) is 0. The SMILES string of the molecule is CC(CNC(=O)OCC1c2ccccc2-c2ccccc21)C(=O)NC1CCCCC1CC(=O)O. The van der Waals surface area contributed by atoms with E-state index in [0.717, 1.165) is 36.8 Å². The summed E-state index contributed by atoms with van der Waals surface area (Å²) in [6, 6.07) is 16.2. The number of carbonyl (C=O) groups is 3. The molecule has 1 saturated carbocycles. The Morgan fingerprint density at radius 1 is 1.00 bits per heavy atom. The zero-order chi connectivity index (χ0) is 24.1. The molecule has 7 nitrogen and oxygen atoms in total. The quantitative estimate of drug-likeness (QED) is 0.540. The van der Waals surface area contributed by atoms with Crippen LogP contribution in [0.3, 0.4) is 0 Å². The summed E-state index contributed by atoms with van der Waals surface area (Å²) < 4.78 is 5.53. The first-order chi connectivity index (χ1) is 16.4. The smallest absolute Gasteiger partial charge is 0.407 e. The fourth-order valence-electron chi connectivity index (χ4n) is 5.17. The number of rotatable bonds is 8. The Hall–Kier alpha value is -3.35. The van der Waals surface area contributed by atoms with Crippen molar-refractivity contribution in [1.82, 2.24) is 10.6 Å². The van der Waals surface area contributed by atoms with E-state index in [1.807, 2.05) is 24.3 Å². The van der Waals surface area contributed by atoms with Crippen LogP contribution in [-0.4, -0.2) is 42.3 Å². The first-order valence-corrected chi connectivity index (χ1v) is 12.0. The van der Waals surface area contributed by atoms with Gasteiger partial charge in [-0.1, -0.05) is 68.3 Å². The molecule has 0 spiro atoms. The van der Waals surface area contributed by atoms with Crippen molar-refractivity contribution >= 4 is 18.0 Å². The molecule has 3 N–H and O–H groups in total. The molecule has 2 aromatic carbocycles. The minimum absolute atomic E-state index is 0.0173. The van der Waals surface area contributed by atoms with E-state index in [1.54, 1.807) is 6.92 Å². The van der Waals surface area contributed by atoms with Crippen molar-refractivity contribution < 1.29 is 24.2 Å². The second-order valence-electron chi connectivity index (χ2n) is 9.36. The molecule has 0 saturated heterocycles. The molecule has 2 aliphatic rings. The van der Waals surface area contributed by atoms with Gasteiger partial charge in [0.15, 0.2) is 0 Å². The fourth-order valence-corrected chi connectivity index (χ4v) is 5.17. The van der Waals surface area contributed by atoms with Crippen LogP contribution in [-0.2, 0) is 14.3 Å². The molecule has 2 aromatic rings. The first kappa shape index (κ1) is 23.8. The maximum absolute atomic E-state index is 12.6. The van der Waals surface area contributed by atoms with Crippen LogP contribution >= 0.6 is 0 Å². The van der Waals surface area contributed by atoms with Crippen molar-refractivity contribution in [3.63, 3.8) is 0 Å². The number of carboxylic acid groups (broad SMARTS) is 1. The normalized spacial score (nSPS) is 20.0. The molecule has 2 aliphatic carbocycles. The average Bonchev–Trinajstić information content (AvgIpc) is 3.16.